The second-order valence-electron chi connectivity index (χ2n) is 5.67. The first-order chi connectivity index (χ1) is 9.78. The second-order valence-corrected chi connectivity index (χ2v) is 5.67. The van der Waals surface area contributed by atoms with Crippen LogP contribution in [0.4, 0.5) is 0 Å². The van der Waals surface area contributed by atoms with Crippen molar-refractivity contribution in [3.8, 4) is 11.5 Å². The number of hydrogen-bond donors (Lipinski definition) is 1. The lowest BCUT2D eigenvalue weighted by Crippen LogP contribution is -2.45. The number of nitrogens with one attached hydrogen (secondary N) is 1. The molecule has 0 saturated heterocycles. The van der Waals surface area contributed by atoms with Crippen molar-refractivity contribution < 1.29 is 9.47 Å². The van der Waals surface area contributed by atoms with Gasteiger partial charge in [-0.2, -0.15) is 0 Å². The molecule has 3 atom stereocenters. The third-order valence-corrected chi connectivity index (χ3v) is 4.32. The number of hydrogen-bond acceptors (Lipinski definition) is 3. The third-order valence-electron chi connectivity index (χ3n) is 4.32. The number of para-hydroxylation sites is 2. The molecule has 3 nitrogen and oxygen atoms in total. The first kappa shape index (κ1) is 15.2. The molecule has 1 aromatic rings. The Morgan fingerprint density at radius 3 is 2.60 bits per heavy atom. The van der Waals surface area contributed by atoms with Crippen molar-refractivity contribution in [2.75, 3.05) is 14.2 Å². The van der Waals surface area contributed by atoms with Gasteiger partial charge in [0.2, 0.25) is 0 Å². The second kappa shape index (κ2) is 7.53. The Morgan fingerprint density at radius 1 is 1.20 bits per heavy atom. The van der Waals surface area contributed by atoms with Crippen molar-refractivity contribution in [3.63, 3.8) is 0 Å². The van der Waals surface area contributed by atoms with E-state index in [1.54, 1.807) is 7.11 Å². The number of likely N-dealkylation sites (N-methyl/N-ethyl adjacent to an activating group) is 1. The monoisotopic (exact) mass is 277 g/mol. The number of ether oxygens (including phenoxy) is 2. The molecular weight excluding hydrogens is 250 g/mol. The molecule has 1 aliphatic rings. The van der Waals surface area contributed by atoms with E-state index in [-0.39, 0.29) is 6.10 Å². The number of methoxy groups -OCH3 is 1. The molecule has 3 unspecified atom stereocenters. The fourth-order valence-electron chi connectivity index (χ4n) is 3.22. The molecule has 0 radical (unpaired) electrons. The van der Waals surface area contributed by atoms with Gasteiger partial charge in [0.15, 0.2) is 11.5 Å². The fraction of sp³-hybridized carbons (Fsp3) is 0.647. The summed E-state index contributed by atoms with van der Waals surface area (Å²) in [5, 5.41) is 3.41. The van der Waals surface area contributed by atoms with Gasteiger partial charge in [0, 0.05) is 6.04 Å². The highest BCUT2D eigenvalue weighted by Gasteiger charge is 2.31. The first-order valence-corrected chi connectivity index (χ1v) is 7.75. The molecule has 112 valence electrons. The summed E-state index contributed by atoms with van der Waals surface area (Å²) in [6.45, 7) is 2.26. The maximum Gasteiger partial charge on any atom is 0.161 e. The molecule has 0 spiro atoms. The van der Waals surface area contributed by atoms with Crippen LogP contribution in [0.2, 0.25) is 0 Å². The molecule has 0 bridgehead atoms. The van der Waals surface area contributed by atoms with E-state index in [0.29, 0.717) is 6.04 Å². The van der Waals surface area contributed by atoms with Gasteiger partial charge in [-0.25, -0.2) is 0 Å². The van der Waals surface area contributed by atoms with Crippen molar-refractivity contribution in [2.24, 2.45) is 5.92 Å². The van der Waals surface area contributed by atoms with E-state index in [1.165, 1.54) is 25.7 Å². The zero-order chi connectivity index (χ0) is 14.4. The fourth-order valence-corrected chi connectivity index (χ4v) is 3.22. The highest BCUT2D eigenvalue weighted by molar-refractivity contribution is 5.39. The van der Waals surface area contributed by atoms with E-state index in [4.69, 9.17) is 9.47 Å². The Labute approximate surface area is 122 Å². The third kappa shape index (κ3) is 3.66. The van der Waals surface area contributed by atoms with Crippen molar-refractivity contribution >= 4 is 0 Å². The Bertz CT molecular complexity index is 408. The normalized spacial score (nSPS) is 26.2. The van der Waals surface area contributed by atoms with Crippen LogP contribution in [-0.4, -0.2) is 26.3 Å². The van der Waals surface area contributed by atoms with Gasteiger partial charge in [0.05, 0.1) is 7.11 Å². The minimum atomic E-state index is 0.238. The molecule has 3 heteroatoms. The molecule has 1 N–H and O–H groups in total. The predicted molar refractivity (Wildman–Crippen MR) is 82.5 cm³/mol. The molecule has 20 heavy (non-hydrogen) atoms. The van der Waals surface area contributed by atoms with E-state index < -0.39 is 0 Å². The summed E-state index contributed by atoms with van der Waals surface area (Å²) >= 11 is 0. The maximum absolute atomic E-state index is 6.27. The van der Waals surface area contributed by atoms with Crippen molar-refractivity contribution in [3.05, 3.63) is 24.3 Å². The molecule has 1 aliphatic carbocycles. The van der Waals surface area contributed by atoms with E-state index in [1.807, 2.05) is 31.3 Å². The molecule has 0 aromatic heterocycles. The Kier molecular flexibility index (Phi) is 5.72. The van der Waals surface area contributed by atoms with Gasteiger partial charge in [-0.05, 0) is 44.4 Å². The minimum absolute atomic E-state index is 0.238. The summed E-state index contributed by atoms with van der Waals surface area (Å²) < 4.78 is 11.7. The summed E-state index contributed by atoms with van der Waals surface area (Å²) in [4.78, 5) is 0. The van der Waals surface area contributed by atoms with Crippen LogP contribution in [0.25, 0.3) is 0 Å². The van der Waals surface area contributed by atoms with Crippen LogP contribution in [-0.2, 0) is 0 Å². The van der Waals surface area contributed by atoms with Crippen molar-refractivity contribution in [2.45, 2.75) is 51.2 Å². The van der Waals surface area contributed by atoms with Crippen LogP contribution >= 0.6 is 0 Å². The molecular formula is C17H27NO2. The zero-order valence-corrected chi connectivity index (χ0v) is 12.9. The highest BCUT2D eigenvalue weighted by atomic mass is 16.5. The molecule has 1 saturated carbocycles. The summed E-state index contributed by atoms with van der Waals surface area (Å²) in [5.74, 6) is 2.47. The zero-order valence-electron chi connectivity index (χ0n) is 12.9. The van der Waals surface area contributed by atoms with Gasteiger partial charge in [0.1, 0.15) is 6.10 Å². The highest BCUT2D eigenvalue weighted by Crippen LogP contribution is 2.34. The standard InChI is InChI=1S/C17H27NO2/c1-4-7-13-10-11-14(18-2)17(12-13)20-16-9-6-5-8-15(16)19-3/h5-6,8-9,13-14,17-18H,4,7,10-12H2,1-3H3. The average molecular weight is 277 g/mol. The van der Waals surface area contributed by atoms with Crippen LogP contribution in [0, 0.1) is 5.92 Å². The lowest BCUT2D eigenvalue weighted by molar-refractivity contribution is 0.0839. The van der Waals surface area contributed by atoms with E-state index in [2.05, 4.69) is 12.2 Å². The van der Waals surface area contributed by atoms with Gasteiger partial charge in [-0.15, -0.1) is 0 Å². The van der Waals surface area contributed by atoms with Gasteiger partial charge in [-0.1, -0.05) is 31.9 Å². The molecule has 1 fully saturated rings. The van der Waals surface area contributed by atoms with Crippen LogP contribution in [0.3, 0.4) is 0 Å². The Hall–Kier alpha value is -1.22. The lowest BCUT2D eigenvalue weighted by Gasteiger charge is -2.36. The number of benzene rings is 1. The average Bonchev–Trinajstić information content (AvgIpc) is 2.48. The summed E-state index contributed by atoms with van der Waals surface area (Å²) in [6.07, 6.45) is 6.45. The van der Waals surface area contributed by atoms with Gasteiger partial charge in [0.25, 0.3) is 0 Å². The van der Waals surface area contributed by atoms with Crippen LogP contribution in [0.15, 0.2) is 24.3 Å². The van der Waals surface area contributed by atoms with Crippen molar-refractivity contribution in [1.29, 1.82) is 0 Å². The van der Waals surface area contributed by atoms with E-state index >= 15 is 0 Å². The quantitative estimate of drug-likeness (QED) is 0.861. The van der Waals surface area contributed by atoms with E-state index in [0.717, 1.165) is 23.8 Å². The lowest BCUT2D eigenvalue weighted by atomic mass is 9.81. The smallest absolute Gasteiger partial charge is 0.161 e. The summed E-state index contributed by atoms with van der Waals surface area (Å²) in [6, 6.07) is 8.36. The number of rotatable bonds is 6. The molecule has 0 heterocycles. The van der Waals surface area contributed by atoms with Crippen LogP contribution in [0.1, 0.15) is 39.0 Å². The van der Waals surface area contributed by atoms with Crippen molar-refractivity contribution in [1.82, 2.24) is 5.32 Å². The van der Waals surface area contributed by atoms with Crippen LogP contribution in [0.5, 0.6) is 11.5 Å². The topological polar surface area (TPSA) is 30.5 Å². The Balaban J connectivity index is 2.07. The van der Waals surface area contributed by atoms with E-state index in [9.17, 15) is 0 Å². The summed E-state index contributed by atoms with van der Waals surface area (Å²) in [7, 11) is 3.72. The molecule has 0 aliphatic heterocycles. The molecule has 1 aromatic carbocycles. The Morgan fingerprint density at radius 2 is 1.95 bits per heavy atom. The first-order valence-electron chi connectivity index (χ1n) is 7.75. The predicted octanol–water partition coefficient (Wildman–Crippen LogP) is 3.63. The molecule has 2 rings (SSSR count). The van der Waals surface area contributed by atoms with Crippen LogP contribution < -0.4 is 14.8 Å². The van der Waals surface area contributed by atoms with Gasteiger partial charge in [-0.3, -0.25) is 0 Å². The minimum Gasteiger partial charge on any atom is -0.493 e. The maximum atomic E-state index is 6.27. The van der Waals surface area contributed by atoms with Gasteiger partial charge < -0.3 is 14.8 Å². The largest absolute Gasteiger partial charge is 0.493 e. The summed E-state index contributed by atoms with van der Waals surface area (Å²) in [5.41, 5.74) is 0. The SMILES string of the molecule is CCCC1CCC(NC)C(Oc2ccccc2OC)C1. The molecule has 0 amide bonds. The van der Waals surface area contributed by atoms with Gasteiger partial charge >= 0.3 is 0 Å².